The van der Waals surface area contributed by atoms with Gasteiger partial charge in [0.1, 0.15) is 0 Å². The summed E-state index contributed by atoms with van der Waals surface area (Å²) in [5.41, 5.74) is 14.6. The molecule has 0 N–H and O–H groups in total. The van der Waals surface area contributed by atoms with Crippen LogP contribution in [0.2, 0.25) is 0 Å². The van der Waals surface area contributed by atoms with Crippen molar-refractivity contribution in [3.63, 3.8) is 0 Å². The average molecular weight is 741 g/mol. The summed E-state index contributed by atoms with van der Waals surface area (Å²) in [6.45, 7) is 26.9. The Bertz CT molecular complexity index is 1820. The van der Waals surface area contributed by atoms with Crippen LogP contribution < -0.4 is 24.8 Å². The maximum atomic E-state index is 3.29. The Hall–Kier alpha value is -2.18. The van der Waals surface area contributed by atoms with Crippen LogP contribution in [0.5, 0.6) is 0 Å². The van der Waals surface area contributed by atoms with Crippen molar-refractivity contribution in [1.82, 2.24) is 0 Å². The minimum Gasteiger partial charge on any atom is -1.00 e. The molecule has 47 heavy (non-hydrogen) atoms. The molecule has 0 radical (unpaired) electrons. The molecule has 0 fully saturated rings. The number of hydrogen-bond donors (Lipinski definition) is 0. The van der Waals surface area contributed by atoms with Gasteiger partial charge in [-0.05, 0) is 36.1 Å². The number of benzene rings is 3. The van der Waals surface area contributed by atoms with E-state index < -0.39 is 0 Å². The van der Waals surface area contributed by atoms with E-state index in [-0.39, 0.29) is 41.1 Å². The molecule has 4 aromatic carbocycles. The first-order valence-corrected chi connectivity index (χ1v) is 17.8. The standard InChI is InChI=1S/C25H25.C11H14.C8H11.2ClH.Zr/c1-14-12-24(3,4)22-8-16-7-17-9-23-19(15(2)13-25(23,5)6)11-21(17)20(16)10-18(14)22;1-9-5-7-10(8-6-9)11(2,3)4;1-6-4-7(2)8(3)5-6;;;/h7-13H,1-6H3;1,5-8H,2-4H3;4,6H,1-3H3;2*1H;/q-1;;-1;;;+2/p-2. The average Bonchev–Trinajstić information content (AvgIpc) is 3.60. The van der Waals surface area contributed by atoms with Crippen LogP contribution in [0.25, 0.3) is 32.7 Å². The van der Waals surface area contributed by atoms with Crippen molar-refractivity contribution < 1.29 is 49.0 Å². The second-order valence-electron chi connectivity index (χ2n) is 15.6. The molecule has 4 aromatic rings. The van der Waals surface area contributed by atoms with Crippen molar-refractivity contribution >= 4 is 36.4 Å². The Balaban J connectivity index is 0.000000229. The Morgan fingerprint density at radius 1 is 0.723 bits per heavy atom. The molecule has 3 aliphatic rings. The molecule has 1 unspecified atom stereocenters. The quantitative estimate of drug-likeness (QED) is 0.207. The Morgan fingerprint density at radius 3 is 1.49 bits per heavy atom. The molecule has 0 aliphatic heterocycles. The zero-order valence-corrected chi connectivity index (χ0v) is 34.3. The second kappa shape index (κ2) is 14.4. The Morgan fingerprint density at radius 2 is 1.17 bits per heavy atom. The van der Waals surface area contributed by atoms with Crippen LogP contribution >= 0.6 is 0 Å². The van der Waals surface area contributed by atoms with Crippen LogP contribution in [0.4, 0.5) is 0 Å². The summed E-state index contributed by atoms with van der Waals surface area (Å²) in [4.78, 5) is 0. The molecule has 3 aliphatic carbocycles. The Kier molecular flexibility index (Phi) is 12.0. The molecule has 0 aromatic heterocycles. The van der Waals surface area contributed by atoms with Gasteiger partial charge in [-0.2, -0.15) is 6.08 Å². The molecule has 0 heterocycles. The van der Waals surface area contributed by atoms with Gasteiger partial charge >= 0.3 is 89.5 Å². The van der Waals surface area contributed by atoms with Crippen LogP contribution in [-0.2, 0) is 40.5 Å². The van der Waals surface area contributed by atoms with E-state index in [1.165, 1.54) is 101 Å². The second-order valence-corrected chi connectivity index (χ2v) is 16.3. The molecular formula is C44H50Cl2Zr-2. The van der Waals surface area contributed by atoms with Gasteiger partial charge in [-0.25, -0.2) is 11.1 Å². The van der Waals surface area contributed by atoms with Crippen molar-refractivity contribution in [2.75, 3.05) is 0 Å². The first-order valence-electron chi connectivity index (χ1n) is 16.4. The molecule has 0 spiro atoms. The fourth-order valence-corrected chi connectivity index (χ4v) is 7.77. The molecule has 0 amide bonds. The molecule has 0 saturated heterocycles. The van der Waals surface area contributed by atoms with Crippen molar-refractivity contribution in [1.29, 1.82) is 0 Å². The zero-order valence-electron chi connectivity index (χ0n) is 30.3. The van der Waals surface area contributed by atoms with E-state index in [2.05, 4.69) is 166 Å². The van der Waals surface area contributed by atoms with Gasteiger partial charge < -0.3 is 24.8 Å². The summed E-state index contributed by atoms with van der Waals surface area (Å²) in [5.74, 6) is 0.551. The minimum atomic E-state index is 0. The number of fused-ring (bicyclic) bond motifs is 5. The largest absolute Gasteiger partial charge is 1.00 e. The third-order valence-electron chi connectivity index (χ3n) is 9.85. The molecule has 0 bridgehead atoms. The third-order valence-corrected chi connectivity index (χ3v) is 10.7. The fourth-order valence-electron chi connectivity index (χ4n) is 7.29. The smallest absolute Gasteiger partial charge is 0.00178 e. The normalized spacial score (nSPS) is 18.2. The predicted octanol–water partition coefficient (Wildman–Crippen LogP) is 6.12. The zero-order chi connectivity index (χ0) is 33.1. The van der Waals surface area contributed by atoms with E-state index in [1.807, 2.05) is 0 Å². The molecular weight excluding hydrogens is 691 g/mol. The van der Waals surface area contributed by atoms with Crippen LogP contribution in [0, 0.1) is 12.0 Å². The molecule has 7 rings (SSSR count). The summed E-state index contributed by atoms with van der Waals surface area (Å²) >= 11 is 1.46. The van der Waals surface area contributed by atoms with Gasteiger partial charge in [0.05, 0.1) is 0 Å². The van der Waals surface area contributed by atoms with E-state index in [4.69, 9.17) is 0 Å². The third kappa shape index (κ3) is 8.01. The van der Waals surface area contributed by atoms with Crippen molar-refractivity contribution in [2.45, 2.75) is 99.3 Å². The fraction of sp³-hybridized carbons (Fsp3) is 0.364. The van der Waals surface area contributed by atoms with Gasteiger partial charge in [0.2, 0.25) is 0 Å². The van der Waals surface area contributed by atoms with E-state index in [1.54, 1.807) is 0 Å². The maximum Gasteiger partial charge on any atom is 0.00178 e. The van der Waals surface area contributed by atoms with Crippen molar-refractivity contribution in [3.8, 4) is 0 Å². The Labute approximate surface area is 312 Å². The number of rotatable bonds is 1. The number of halogens is 2. The molecule has 3 heteroatoms. The predicted molar refractivity (Wildman–Crippen MR) is 196 cm³/mol. The van der Waals surface area contributed by atoms with E-state index >= 15 is 0 Å². The van der Waals surface area contributed by atoms with Crippen molar-refractivity contribution in [3.05, 3.63) is 123 Å². The summed E-state index contributed by atoms with van der Waals surface area (Å²) in [5, 5.41) is 5.57. The number of hydrogen-bond acceptors (Lipinski definition) is 0. The van der Waals surface area contributed by atoms with Crippen molar-refractivity contribution in [2.24, 2.45) is 5.92 Å². The molecule has 0 saturated carbocycles. The number of allylic oxidation sites excluding steroid dienone is 8. The van der Waals surface area contributed by atoms with Gasteiger partial charge in [0, 0.05) is 10.8 Å². The van der Waals surface area contributed by atoms with Gasteiger partial charge in [-0.1, -0.05) is 82.9 Å². The van der Waals surface area contributed by atoms with E-state index in [9.17, 15) is 0 Å². The maximum absolute atomic E-state index is 3.29. The first-order chi connectivity index (χ1) is 20.9. The van der Waals surface area contributed by atoms with Gasteiger partial charge in [-0.15, -0.1) is 46.7 Å². The summed E-state index contributed by atoms with van der Waals surface area (Å²) in [6, 6.07) is 20.9. The summed E-state index contributed by atoms with van der Waals surface area (Å²) in [6.07, 6.45) is 10.3. The molecule has 246 valence electrons. The van der Waals surface area contributed by atoms with Crippen LogP contribution in [0.1, 0.15) is 116 Å². The summed E-state index contributed by atoms with van der Waals surface area (Å²) in [7, 11) is 0. The van der Waals surface area contributed by atoms with Gasteiger partial charge in [-0.3, -0.25) is 6.08 Å². The SMILES string of the molecule is CC(C)(C)c1ccc([CH]=[Zr+2])cc1.CC1=CC(C)(C)c2cc3[cH-]c4cc5c(cc4c3cc21)C(C)=CC5(C)C.CC1=[C-]C(C)C=C1C.[Cl-].[Cl-]. The molecule has 0 nitrogen and oxygen atoms in total. The topological polar surface area (TPSA) is 0 Å². The van der Waals surface area contributed by atoms with Gasteiger partial charge in [0.25, 0.3) is 0 Å². The first kappa shape index (κ1) is 39.3. The summed E-state index contributed by atoms with van der Waals surface area (Å²) < 4.78 is 2.21. The van der Waals surface area contributed by atoms with E-state index in [0.717, 1.165) is 0 Å². The van der Waals surface area contributed by atoms with Gasteiger partial charge in [0.15, 0.2) is 0 Å². The monoisotopic (exact) mass is 738 g/mol. The van der Waals surface area contributed by atoms with Crippen LogP contribution in [0.3, 0.4) is 0 Å². The minimum absolute atomic E-state index is 0. The van der Waals surface area contributed by atoms with E-state index in [0.29, 0.717) is 5.92 Å². The van der Waals surface area contributed by atoms with Crippen LogP contribution in [-0.4, -0.2) is 3.71 Å². The molecule has 1 atom stereocenters. The van der Waals surface area contributed by atoms with Crippen LogP contribution in [0.15, 0.2) is 84.0 Å².